The number of rotatable bonds is 7. The predicted octanol–water partition coefficient (Wildman–Crippen LogP) is 4.14. The molecule has 0 atom stereocenters. The predicted molar refractivity (Wildman–Crippen MR) is 123 cm³/mol. The second kappa shape index (κ2) is 9.74. The topological polar surface area (TPSA) is 103 Å². The van der Waals surface area contributed by atoms with Crippen molar-refractivity contribution in [1.82, 2.24) is 5.32 Å². The molecule has 0 unspecified atom stereocenters. The van der Waals surface area contributed by atoms with Crippen molar-refractivity contribution in [1.29, 1.82) is 0 Å². The molecule has 33 heavy (non-hydrogen) atoms. The van der Waals surface area contributed by atoms with Crippen LogP contribution in [0.2, 0.25) is 0 Å². The lowest BCUT2D eigenvalue weighted by Crippen LogP contribution is -2.22. The standard InChI is InChI=1S/C24H22N2O6S/c1-3-30-24(29)19-14(2)20(22(28)25-12-15-7-5-4-6-8-15)33-23(19)26-21(27)16-9-10-17-18(11-16)32-13-31-17/h4-11H,3,12-13H2,1-2H3,(H,25,28)(H,26,27). The molecule has 170 valence electrons. The van der Waals surface area contributed by atoms with Crippen LogP contribution < -0.4 is 20.1 Å². The van der Waals surface area contributed by atoms with Gasteiger partial charge in [-0.2, -0.15) is 0 Å². The van der Waals surface area contributed by atoms with Crippen LogP contribution in [-0.4, -0.2) is 31.2 Å². The van der Waals surface area contributed by atoms with Crippen LogP contribution in [0.4, 0.5) is 5.00 Å². The summed E-state index contributed by atoms with van der Waals surface area (Å²) in [7, 11) is 0. The fourth-order valence-electron chi connectivity index (χ4n) is 3.34. The normalized spacial score (nSPS) is 11.7. The lowest BCUT2D eigenvalue weighted by atomic mass is 10.1. The summed E-state index contributed by atoms with van der Waals surface area (Å²) in [5.41, 5.74) is 1.89. The molecule has 1 aromatic heterocycles. The first-order valence-corrected chi connectivity index (χ1v) is 11.1. The number of ether oxygens (including phenoxy) is 3. The summed E-state index contributed by atoms with van der Waals surface area (Å²) in [6.45, 7) is 3.96. The molecule has 3 aromatic rings. The number of amides is 2. The molecule has 4 rings (SSSR count). The third-order valence-corrected chi connectivity index (χ3v) is 6.20. The molecule has 0 saturated carbocycles. The van der Waals surface area contributed by atoms with E-state index < -0.39 is 11.9 Å². The van der Waals surface area contributed by atoms with Crippen molar-refractivity contribution in [2.45, 2.75) is 20.4 Å². The second-order valence-electron chi connectivity index (χ2n) is 7.17. The van der Waals surface area contributed by atoms with E-state index in [4.69, 9.17) is 14.2 Å². The Morgan fingerprint density at radius 3 is 2.55 bits per heavy atom. The van der Waals surface area contributed by atoms with Crippen LogP contribution in [0.3, 0.4) is 0 Å². The van der Waals surface area contributed by atoms with Crippen LogP contribution in [-0.2, 0) is 11.3 Å². The van der Waals surface area contributed by atoms with E-state index in [2.05, 4.69) is 10.6 Å². The van der Waals surface area contributed by atoms with E-state index in [-0.39, 0.29) is 29.9 Å². The van der Waals surface area contributed by atoms with Crippen molar-refractivity contribution in [2.24, 2.45) is 0 Å². The van der Waals surface area contributed by atoms with E-state index in [1.165, 1.54) is 0 Å². The Balaban J connectivity index is 1.58. The van der Waals surface area contributed by atoms with E-state index in [1.54, 1.807) is 32.0 Å². The zero-order chi connectivity index (χ0) is 23.4. The Morgan fingerprint density at radius 2 is 1.79 bits per heavy atom. The molecule has 2 amide bonds. The molecule has 0 saturated heterocycles. The highest BCUT2D eigenvalue weighted by molar-refractivity contribution is 7.18. The zero-order valence-electron chi connectivity index (χ0n) is 18.1. The number of benzene rings is 2. The molecule has 0 spiro atoms. The molecule has 2 N–H and O–H groups in total. The van der Waals surface area contributed by atoms with E-state index in [1.807, 2.05) is 30.3 Å². The quantitative estimate of drug-likeness (QED) is 0.507. The Labute approximate surface area is 194 Å². The minimum Gasteiger partial charge on any atom is -0.462 e. The van der Waals surface area contributed by atoms with Gasteiger partial charge in [0.15, 0.2) is 11.5 Å². The van der Waals surface area contributed by atoms with Gasteiger partial charge in [0.25, 0.3) is 11.8 Å². The maximum atomic E-state index is 12.9. The number of hydrogen-bond donors (Lipinski definition) is 2. The highest BCUT2D eigenvalue weighted by atomic mass is 32.1. The fraction of sp³-hybridized carbons (Fsp3) is 0.208. The van der Waals surface area contributed by atoms with Gasteiger partial charge in [-0.1, -0.05) is 30.3 Å². The molecule has 0 aliphatic carbocycles. The first-order chi connectivity index (χ1) is 16.0. The van der Waals surface area contributed by atoms with E-state index in [0.29, 0.717) is 34.0 Å². The third kappa shape index (κ3) is 4.83. The van der Waals surface area contributed by atoms with Gasteiger partial charge in [0, 0.05) is 12.1 Å². The number of hydrogen-bond acceptors (Lipinski definition) is 7. The fourth-order valence-corrected chi connectivity index (χ4v) is 4.45. The minimum absolute atomic E-state index is 0.0962. The van der Waals surface area contributed by atoms with Gasteiger partial charge in [0.05, 0.1) is 17.0 Å². The number of carbonyl (C=O) groups is 3. The SMILES string of the molecule is CCOC(=O)c1c(NC(=O)c2ccc3c(c2)OCO3)sc(C(=O)NCc2ccccc2)c1C. The number of fused-ring (bicyclic) bond motifs is 1. The summed E-state index contributed by atoms with van der Waals surface area (Å²) < 4.78 is 15.8. The van der Waals surface area contributed by atoms with Crippen LogP contribution in [0.15, 0.2) is 48.5 Å². The number of thiophene rings is 1. The van der Waals surface area contributed by atoms with E-state index >= 15 is 0 Å². The van der Waals surface area contributed by atoms with Crippen molar-refractivity contribution in [3.63, 3.8) is 0 Å². The monoisotopic (exact) mass is 466 g/mol. The lowest BCUT2D eigenvalue weighted by molar-refractivity contribution is 0.0527. The van der Waals surface area contributed by atoms with Crippen LogP contribution in [0.25, 0.3) is 0 Å². The Kier molecular flexibility index (Phi) is 6.60. The summed E-state index contributed by atoms with van der Waals surface area (Å²) in [4.78, 5) is 38.7. The summed E-state index contributed by atoms with van der Waals surface area (Å²) in [5.74, 6) is -0.360. The van der Waals surface area contributed by atoms with Gasteiger partial charge in [0.2, 0.25) is 6.79 Å². The average molecular weight is 467 g/mol. The highest BCUT2D eigenvalue weighted by Gasteiger charge is 2.27. The van der Waals surface area contributed by atoms with E-state index in [0.717, 1.165) is 16.9 Å². The van der Waals surface area contributed by atoms with Crippen LogP contribution in [0.1, 0.15) is 48.4 Å². The number of carbonyl (C=O) groups excluding carboxylic acids is 3. The third-order valence-electron chi connectivity index (χ3n) is 4.99. The van der Waals surface area contributed by atoms with Crippen LogP contribution in [0.5, 0.6) is 11.5 Å². The summed E-state index contributed by atoms with van der Waals surface area (Å²) in [5, 5.41) is 5.86. The highest BCUT2D eigenvalue weighted by Crippen LogP contribution is 2.36. The average Bonchev–Trinajstić information content (AvgIpc) is 3.42. The smallest absolute Gasteiger partial charge is 0.341 e. The molecule has 0 fully saturated rings. The number of anilines is 1. The van der Waals surface area contributed by atoms with Gasteiger partial charge in [-0.15, -0.1) is 11.3 Å². The molecular formula is C24H22N2O6S. The van der Waals surface area contributed by atoms with Crippen molar-refractivity contribution in [3.05, 3.63) is 75.7 Å². The molecule has 1 aliphatic rings. The Morgan fingerprint density at radius 1 is 1.03 bits per heavy atom. The molecule has 2 aromatic carbocycles. The minimum atomic E-state index is -0.602. The number of nitrogens with one attached hydrogen (secondary N) is 2. The van der Waals surface area contributed by atoms with Gasteiger partial charge in [-0.05, 0) is 43.2 Å². The largest absolute Gasteiger partial charge is 0.462 e. The van der Waals surface area contributed by atoms with Gasteiger partial charge in [-0.25, -0.2) is 4.79 Å². The summed E-state index contributed by atoms with van der Waals surface area (Å²) in [6, 6.07) is 14.3. The van der Waals surface area contributed by atoms with Crippen LogP contribution >= 0.6 is 11.3 Å². The molecule has 1 aliphatic heterocycles. The first-order valence-electron chi connectivity index (χ1n) is 10.3. The molecule has 0 bridgehead atoms. The molecule has 8 nitrogen and oxygen atoms in total. The lowest BCUT2D eigenvalue weighted by Gasteiger charge is -2.07. The van der Waals surface area contributed by atoms with Gasteiger partial charge in [0.1, 0.15) is 5.00 Å². The van der Waals surface area contributed by atoms with Crippen molar-refractivity contribution in [2.75, 3.05) is 18.7 Å². The Bertz CT molecular complexity index is 1210. The molecule has 0 radical (unpaired) electrons. The van der Waals surface area contributed by atoms with Crippen LogP contribution in [0, 0.1) is 6.92 Å². The van der Waals surface area contributed by atoms with Gasteiger partial charge in [-0.3, -0.25) is 9.59 Å². The van der Waals surface area contributed by atoms with Gasteiger partial charge >= 0.3 is 5.97 Å². The van der Waals surface area contributed by atoms with Crippen molar-refractivity contribution >= 4 is 34.1 Å². The van der Waals surface area contributed by atoms with Crippen molar-refractivity contribution in [3.8, 4) is 11.5 Å². The molecule has 2 heterocycles. The summed E-state index contributed by atoms with van der Waals surface area (Å²) >= 11 is 1.03. The maximum absolute atomic E-state index is 12.9. The molecular weight excluding hydrogens is 444 g/mol. The first kappa shape index (κ1) is 22.3. The van der Waals surface area contributed by atoms with E-state index in [9.17, 15) is 14.4 Å². The zero-order valence-corrected chi connectivity index (χ0v) is 18.9. The Hall–Kier alpha value is -3.85. The van der Waals surface area contributed by atoms with Crippen molar-refractivity contribution < 1.29 is 28.6 Å². The number of esters is 1. The summed E-state index contributed by atoms with van der Waals surface area (Å²) in [6.07, 6.45) is 0. The molecule has 9 heteroatoms. The van der Waals surface area contributed by atoms with Gasteiger partial charge < -0.3 is 24.8 Å². The maximum Gasteiger partial charge on any atom is 0.341 e. The second-order valence-corrected chi connectivity index (χ2v) is 8.19.